The molecular formula is C17H30N4O. The van der Waals surface area contributed by atoms with Crippen LogP contribution in [0.5, 0.6) is 0 Å². The minimum absolute atomic E-state index is 0.398. The molecule has 1 atom stereocenters. The van der Waals surface area contributed by atoms with E-state index in [0.29, 0.717) is 31.1 Å². The summed E-state index contributed by atoms with van der Waals surface area (Å²) in [7, 11) is 5.85. The molecule has 0 aliphatic carbocycles. The molecule has 0 saturated heterocycles. The van der Waals surface area contributed by atoms with Gasteiger partial charge in [-0.15, -0.1) is 0 Å². The first-order valence-corrected chi connectivity index (χ1v) is 7.74. The summed E-state index contributed by atoms with van der Waals surface area (Å²) in [6.45, 7) is 5.69. The topological polar surface area (TPSA) is 62.9 Å². The highest BCUT2D eigenvalue weighted by Crippen LogP contribution is 2.15. The van der Waals surface area contributed by atoms with Crippen LogP contribution < -0.4 is 11.1 Å². The summed E-state index contributed by atoms with van der Waals surface area (Å²) in [4.78, 5) is 6.70. The van der Waals surface area contributed by atoms with E-state index >= 15 is 0 Å². The zero-order valence-corrected chi connectivity index (χ0v) is 14.5. The number of ether oxygens (including phenoxy) is 1. The van der Waals surface area contributed by atoms with E-state index < -0.39 is 0 Å². The fourth-order valence-corrected chi connectivity index (χ4v) is 2.30. The Morgan fingerprint density at radius 3 is 2.59 bits per heavy atom. The van der Waals surface area contributed by atoms with Crippen LogP contribution in [0.15, 0.2) is 29.3 Å². The quantitative estimate of drug-likeness (QED) is 0.572. The fourth-order valence-electron chi connectivity index (χ4n) is 2.30. The lowest BCUT2D eigenvalue weighted by Crippen LogP contribution is -2.34. The van der Waals surface area contributed by atoms with E-state index in [4.69, 9.17) is 10.5 Å². The highest BCUT2D eigenvalue weighted by Gasteiger charge is 2.13. The van der Waals surface area contributed by atoms with Crippen molar-refractivity contribution in [2.75, 3.05) is 33.1 Å². The lowest BCUT2D eigenvalue weighted by Gasteiger charge is -2.24. The Labute approximate surface area is 134 Å². The van der Waals surface area contributed by atoms with Crippen LogP contribution in [-0.2, 0) is 11.3 Å². The van der Waals surface area contributed by atoms with Crippen LogP contribution in [0.4, 0.5) is 5.69 Å². The first-order valence-electron chi connectivity index (χ1n) is 7.74. The van der Waals surface area contributed by atoms with Crippen molar-refractivity contribution in [2.45, 2.75) is 32.9 Å². The van der Waals surface area contributed by atoms with Crippen LogP contribution in [0.3, 0.4) is 0 Å². The first kappa shape index (κ1) is 18.5. The molecule has 5 nitrogen and oxygen atoms in total. The minimum Gasteiger partial charge on any atom is -0.380 e. The summed E-state index contributed by atoms with van der Waals surface area (Å²) in [6, 6.07) is 8.34. The number of aliphatic imine (C=N–C) groups is 1. The number of anilines is 1. The molecule has 0 aromatic heterocycles. The summed E-state index contributed by atoms with van der Waals surface area (Å²) in [5, 5.41) is 3.17. The molecule has 1 aromatic rings. The van der Waals surface area contributed by atoms with Gasteiger partial charge in [-0.25, -0.2) is 0 Å². The smallest absolute Gasteiger partial charge is 0.193 e. The molecule has 124 valence electrons. The van der Waals surface area contributed by atoms with Gasteiger partial charge in [0.05, 0.1) is 13.2 Å². The zero-order valence-electron chi connectivity index (χ0n) is 14.5. The molecule has 5 heteroatoms. The molecule has 0 spiro atoms. The van der Waals surface area contributed by atoms with Crippen molar-refractivity contribution in [2.24, 2.45) is 16.6 Å². The van der Waals surface area contributed by atoms with Crippen LogP contribution in [0.2, 0.25) is 0 Å². The molecule has 1 rings (SSSR count). The summed E-state index contributed by atoms with van der Waals surface area (Å²) >= 11 is 0. The lowest BCUT2D eigenvalue weighted by atomic mass is 10.0. The number of likely N-dealkylation sites (N-methyl/N-ethyl adjacent to an activating group) is 1. The number of benzene rings is 1. The number of methoxy groups -OCH3 is 1. The molecule has 22 heavy (non-hydrogen) atoms. The Kier molecular flexibility index (Phi) is 7.91. The van der Waals surface area contributed by atoms with Crippen LogP contribution in [-0.4, -0.2) is 44.7 Å². The average Bonchev–Trinajstić information content (AvgIpc) is 2.45. The van der Waals surface area contributed by atoms with E-state index in [1.807, 2.05) is 24.3 Å². The Morgan fingerprint density at radius 1 is 1.32 bits per heavy atom. The fraction of sp³-hybridized carbons (Fsp3) is 0.588. The van der Waals surface area contributed by atoms with Crippen LogP contribution in [0, 0.1) is 5.92 Å². The number of para-hydroxylation sites is 1. The number of guanidine groups is 1. The number of nitrogens with two attached hydrogens (primary N) is 1. The Balaban J connectivity index is 2.69. The number of nitrogens with one attached hydrogen (secondary N) is 1. The van der Waals surface area contributed by atoms with Gasteiger partial charge in [0.2, 0.25) is 0 Å². The molecule has 0 bridgehead atoms. The summed E-state index contributed by atoms with van der Waals surface area (Å²) in [6.07, 6.45) is 1.10. The van der Waals surface area contributed by atoms with Crippen molar-refractivity contribution in [3.05, 3.63) is 29.8 Å². The standard InChI is InChI=1S/C17H30N4O/c1-13(2)10-15(21(3)4)11-19-17(18)20-16-9-7-6-8-14(16)12-22-5/h6-9,13,15H,10-12H2,1-5H3,(H3,18,19,20). The van der Waals surface area contributed by atoms with Gasteiger partial charge in [-0.05, 0) is 32.5 Å². The third kappa shape index (κ3) is 6.45. The second kappa shape index (κ2) is 9.43. The summed E-state index contributed by atoms with van der Waals surface area (Å²) in [5.41, 5.74) is 8.03. The highest BCUT2D eigenvalue weighted by atomic mass is 16.5. The van der Waals surface area contributed by atoms with Gasteiger partial charge in [-0.2, -0.15) is 0 Å². The van der Waals surface area contributed by atoms with Gasteiger partial charge in [0.1, 0.15) is 0 Å². The average molecular weight is 306 g/mol. The predicted molar refractivity (Wildman–Crippen MR) is 94.2 cm³/mol. The SMILES string of the molecule is COCc1ccccc1NC(N)=NCC(CC(C)C)N(C)C. The van der Waals surface area contributed by atoms with Crippen LogP contribution in [0.1, 0.15) is 25.8 Å². The summed E-state index contributed by atoms with van der Waals surface area (Å²) in [5.74, 6) is 1.08. The van der Waals surface area contributed by atoms with Gasteiger partial charge in [0, 0.05) is 24.4 Å². The molecule has 0 aliphatic heterocycles. The van der Waals surface area contributed by atoms with Gasteiger partial charge < -0.3 is 20.7 Å². The highest BCUT2D eigenvalue weighted by molar-refractivity contribution is 5.92. The maximum absolute atomic E-state index is 6.03. The molecule has 1 unspecified atom stereocenters. The van der Waals surface area contributed by atoms with E-state index in [1.165, 1.54) is 0 Å². The molecule has 0 fully saturated rings. The number of hydrogen-bond donors (Lipinski definition) is 2. The zero-order chi connectivity index (χ0) is 16.5. The van der Waals surface area contributed by atoms with Gasteiger partial charge in [0.15, 0.2) is 5.96 Å². The number of nitrogens with zero attached hydrogens (tertiary/aromatic N) is 2. The minimum atomic E-state index is 0.398. The molecule has 3 N–H and O–H groups in total. The second-order valence-electron chi connectivity index (χ2n) is 6.19. The normalized spacial score (nSPS) is 13.7. The maximum Gasteiger partial charge on any atom is 0.193 e. The monoisotopic (exact) mass is 306 g/mol. The third-order valence-electron chi connectivity index (χ3n) is 3.53. The van der Waals surface area contributed by atoms with Crippen LogP contribution >= 0.6 is 0 Å². The predicted octanol–water partition coefficient (Wildman–Crippen LogP) is 2.54. The van der Waals surface area contributed by atoms with Crippen molar-refractivity contribution < 1.29 is 4.74 Å². The first-order chi connectivity index (χ1) is 10.4. The molecule has 0 heterocycles. The van der Waals surface area contributed by atoms with Crippen molar-refractivity contribution in [1.82, 2.24) is 4.90 Å². The van der Waals surface area contributed by atoms with E-state index in [1.54, 1.807) is 7.11 Å². The summed E-state index contributed by atoms with van der Waals surface area (Å²) < 4.78 is 5.20. The third-order valence-corrected chi connectivity index (χ3v) is 3.53. The molecule has 1 aromatic carbocycles. The lowest BCUT2D eigenvalue weighted by molar-refractivity contribution is 0.185. The second-order valence-corrected chi connectivity index (χ2v) is 6.19. The van der Waals surface area contributed by atoms with E-state index in [2.05, 4.69) is 43.2 Å². The molecule has 0 amide bonds. The van der Waals surface area contributed by atoms with Crippen molar-refractivity contribution >= 4 is 11.6 Å². The molecule has 0 saturated carbocycles. The Bertz CT molecular complexity index is 471. The van der Waals surface area contributed by atoms with Crippen molar-refractivity contribution in [1.29, 1.82) is 0 Å². The van der Waals surface area contributed by atoms with Crippen molar-refractivity contribution in [3.8, 4) is 0 Å². The van der Waals surface area contributed by atoms with Crippen LogP contribution in [0.25, 0.3) is 0 Å². The Hall–Kier alpha value is -1.59. The Morgan fingerprint density at radius 2 is 2.00 bits per heavy atom. The van der Waals surface area contributed by atoms with Gasteiger partial charge in [0.25, 0.3) is 0 Å². The van der Waals surface area contributed by atoms with E-state index in [0.717, 1.165) is 17.7 Å². The van der Waals surface area contributed by atoms with Crippen molar-refractivity contribution in [3.63, 3.8) is 0 Å². The molecule has 0 aliphatic rings. The van der Waals surface area contributed by atoms with Gasteiger partial charge in [-0.3, -0.25) is 4.99 Å². The van der Waals surface area contributed by atoms with E-state index in [-0.39, 0.29) is 0 Å². The maximum atomic E-state index is 6.03. The largest absolute Gasteiger partial charge is 0.380 e. The number of hydrogen-bond acceptors (Lipinski definition) is 3. The van der Waals surface area contributed by atoms with E-state index in [9.17, 15) is 0 Å². The van der Waals surface area contributed by atoms with Gasteiger partial charge in [-0.1, -0.05) is 32.0 Å². The molecular weight excluding hydrogens is 276 g/mol. The number of rotatable bonds is 8. The van der Waals surface area contributed by atoms with Gasteiger partial charge >= 0.3 is 0 Å². The molecule has 0 radical (unpaired) electrons.